The maximum Gasteiger partial charge on any atom is 0.433 e. The highest BCUT2D eigenvalue weighted by Gasteiger charge is 2.36. The summed E-state index contributed by atoms with van der Waals surface area (Å²) < 4.78 is 43.5. The van der Waals surface area contributed by atoms with Crippen molar-refractivity contribution in [2.75, 3.05) is 25.0 Å². The number of amides is 1. The summed E-state index contributed by atoms with van der Waals surface area (Å²) >= 11 is 0. The predicted octanol–water partition coefficient (Wildman–Crippen LogP) is 4.25. The number of hydrogen-bond acceptors (Lipinski definition) is 6. The van der Waals surface area contributed by atoms with Crippen molar-refractivity contribution in [2.24, 2.45) is 0 Å². The van der Waals surface area contributed by atoms with E-state index >= 15 is 0 Å². The van der Waals surface area contributed by atoms with Crippen LogP contribution >= 0.6 is 0 Å². The zero-order chi connectivity index (χ0) is 27.4. The van der Waals surface area contributed by atoms with Gasteiger partial charge in [0.25, 0.3) is 11.5 Å². The summed E-state index contributed by atoms with van der Waals surface area (Å²) in [6.07, 6.45) is 4.52. The highest BCUT2D eigenvalue weighted by Crippen LogP contribution is 2.34. The average Bonchev–Trinajstić information content (AvgIpc) is 3.41. The molecule has 0 bridgehead atoms. The lowest BCUT2D eigenvalue weighted by Gasteiger charge is -2.26. The highest BCUT2D eigenvalue weighted by molar-refractivity contribution is 6.03. The van der Waals surface area contributed by atoms with E-state index in [2.05, 4.69) is 25.3 Å². The van der Waals surface area contributed by atoms with Crippen LogP contribution in [0.1, 0.15) is 35.3 Å². The van der Waals surface area contributed by atoms with Crippen molar-refractivity contribution in [3.05, 3.63) is 88.9 Å². The monoisotopic (exact) mass is 537 g/mol. The molecule has 1 aliphatic rings. The highest BCUT2D eigenvalue weighted by atomic mass is 19.4. The molecular formula is C27H26F3N7O2. The number of anilines is 1. The summed E-state index contributed by atoms with van der Waals surface area (Å²) in [5.41, 5.74) is -0.268. The molecule has 0 radical (unpaired) electrons. The molecule has 12 heteroatoms. The van der Waals surface area contributed by atoms with E-state index in [1.165, 1.54) is 60.0 Å². The molecule has 1 saturated heterocycles. The van der Waals surface area contributed by atoms with E-state index in [9.17, 15) is 22.8 Å². The summed E-state index contributed by atoms with van der Waals surface area (Å²) in [6, 6.07) is 9.74. The third-order valence-electron chi connectivity index (χ3n) is 6.54. The first-order chi connectivity index (χ1) is 18.8. The topological polar surface area (TPSA) is 97.9 Å². The number of alkyl halides is 3. The lowest BCUT2D eigenvalue weighted by Crippen LogP contribution is -2.34. The smallest absolute Gasteiger partial charge is 0.313 e. The molecule has 1 N–H and O–H groups in total. The fraction of sp³-hybridized carbons (Fsp3) is 0.296. The van der Waals surface area contributed by atoms with E-state index in [4.69, 9.17) is 0 Å². The van der Waals surface area contributed by atoms with Crippen LogP contribution in [0.4, 0.5) is 19.0 Å². The van der Waals surface area contributed by atoms with Gasteiger partial charge in [-0.15, -0.1) is 0 Å². The zero-order valence-electron chi connectivity index (χ0n) is 20.9. The van der Waals surface area contributed by atoms with Gasteiger partial charge in [0.1, 0.15) is 11.5 Å². The van der Waals surface area contributed by atoms with Crippen LogP contribution in [-0.2, 0) is 12.7 Å². The largest absolute Gasteiger partial charge is 0.433 e. The van der Waals surface area contributed by atoms with Gasteiger partial charge in [-0.1, -0.05) is 6.42 Å². The second-order valence-corrected chi connectivity index (χ2v) is 9.27. The SMILES string of the molecule is O=C(Nc1ccc(-n2nc(-c3cccnc3)cc2C(F)(F)F)cn1)c1ccc(=O)n(CCN2CCCCC2)c1. The van der Waals surface area contributed by atoms with Crippen LogP contribution in [0.25, 0.3) is 16.9 Å². The van der Waals surface area contributed by atoms with Gasteiger partial charge >= 0.3 is 6.18 Å². The van der Waals surface area contributed by atoms with Gasteiger partial charge in [0.15, 0.2) is 0 Å². The minimum Gasteiger partial charge on any atom is -0.313 e. The van der Waals surface area contributed by atoms with Crippen molar-refractivity contribution in [2.45, 2.75) is 32.0 Å². The van der Waals surface area contributed by atoms with Crippen molar-refractivity contribution in [3.63, 3.8) is 0 Å². The molecule has 39 heavy (non-hydrogen) atoms. The Hall–Kier alpha value is -4.32. The van der Waals surface area contributed by atoms with E-state index in [1.807, 2.05) is 0 Å². The number of piperidine rings is 1. The predicted molar refractivity (Wildman–Crippen MR) is 139 cm³/mol. The molecule has 0 saturated carbocycles. The normalized spacial score (nSPS) is 14.3. The molecule has 1 amide bonds. The molecule has 5 rings (SSSR count). The Morgan fingerprint density at radius 1 is 1.00 bits per heavy atom. The molecule has 0 unspecified atom stereocenters. The number of rotatable bonds is 7. The molecule has 4 aromatic rings. The van der Waals surface area contributed by atoms with Crippen molar-refractivity contribution < 1.29 is 18.0 Å². The maximum atomic E-state index is 13.7. The molecule has 1 fully saturated rings. The number of carbonyl (C=O) groups excluding carboxylic acids is 1. The van der Waals surface area contributed by atoms with Gasteiger partial charge in [-0.2, -0.15) is 18.3 Å². The lowest BCUT2D eigenvalue weighted by atomic mass is 10.1. The molecule has 4 aromatic heterocycles. The molecule has 202 valence electrons. The van der Waals surface area contributed by atoms with Crippen molar-refractivity contribution >= 4 is 11.7 Å². The fourth-order valence-corrected chi connectivity index (χ4v) is 4.48. The van der Waals surface area contributed by atoms with Crippen LogP contribution in [0.3, 0.4) is 0 Å². The molecule has 9 nitrogen and oxygen atoms in total. The van der Waals surface area contributed by atoms with Gasteiger partial charge in [0.05, 0.1) is 23.1 Å². The van der Waals surface area contributed by atoms with Crippen LogP contribution in [-0.4, -0.2) is 54.8 Å². The third kappa shape index (κ3) is 6.23. The first-order valence-corrected chi connectivity index (χ1v) is 12.6. The van der Waals surface area contributed by atoms with Gasteiger partial charge in [0.2, 0.25) is 0 Å². The van der Waals surface area contributed by atoms with Crippen molar-refractivity contribution in [1.82, 2.24) is 29.2 Å². The van der Waals surface area contributed by atoms with Crippen LogP contribution in [0.5, 0.6) is 0 Å². The fourth-order valence-electron chi connectivity index (χ4n) is 4.48. The van der Waals surface area contributed by atoms with Gasteiger partial charge in [-0.05, 0) is 62.3 Å². The second-order valence-electron chi connectivity index (χ2n) is 9.27. The van der Waals surface area contributed by atoms with E-state index in [-0.39, 0.29) is 28.3 Å². The Morgan fingerprint density at radius 3 is 2.51 bits per heavy atom. The number of pyridine rings is 3. The summed E-state index contributed by atoms with van der Waals surface area (Å²) in [6.45, 7) is 3.21. The number of nitrogens with zero attached hydrogens (tertiary/aromatic N) is 6. The Balaban J connectivity index is 1.31. The lowest BCUT2D eigenvalue weighted by molar-refractivity contribution is -0.142. The minimum absolute atomic E-state index is 0.0710. The summed E-state index contributed by atoms with van der Waals surface area (Å²) in [4.78, 5) is 35.5. The maximum absolute atomic E-state index is 13.7. The Morgan fingerprint density at radius 2 is 1.82 bits per heavy atom. The van der Waals surface area contributed by atoms with Crippen LogP contribution in [0, 0.1) is 0 Å². The third-order valence-corrected chi connectivity index (χ3v) is 6.54. The number of likely N-dealkylation sites (tertiary alicyclic amines) is 1. The number of carbonyl (C=O) groups is 1. The molecule has 5 heterocycles. The van der Waals surface area contributed by atoms with Crippen LogP contribution < -0.4 is 10.9 Å². The van der Waals surface area contributed by atoms with Crippen LogP contribution in [0.15, 0.2) is 72.0 Å². The second kappa shape index (κ2) is 11.2. The van der Waals surface area contributed by atoms with E-state index in [0.29, 0.717) is 12.1 Å². The first kappa shape index (κ1) is 26.3. The Kier molecular flexibility index (Phi) is 7.55. The molecule has 0 atom stereocenters. The molecule has 0 spiro atoms. The molecule has 0 aliphatic carbocycles. The van der Waals surface area contributed by atoms with Gasteiger partial charge < -0.3 is 14.8 Å². The van der Waals surface area contributed by atoms with E-state index < -0.39 is 17.8 Å². The zero-order valence-corrected chi connectivity index (χ0v) is 20.9. The van der Waals surface area contributed by atoms with Gasteiger partial charge in [-0.25, -0.2) is 9.67 Å². The van der Waals surface area contributed by atoms with E-state index in [0.717, 1.165) is 43.2 Å². The van der Waals surface area contributed by atoms with Crippen molar-refractivity contribution in [3.8, 4) is 16.9 Å². The van der Waals surface area contributed by atoms with Crippen molar-refractivity contribution in [1.29, 1.82) is 0 Å². The molecular weight excluding hydrogens is 511 g/mol. The summed E-state index contributed by atoms with van der Waals surface area (Å²) in [5.74, 6) is -0.348. The number of halogens is 3. The average molecular weight is 538 g/mol. The van der Waals surface area contributed by atoms with Gasteiger partial charge in [-0.3, -0.25) is 14.6 Å². The number of nitrogens with one attached hydrogen (secondary N) is 1. The quantitative estimate of drug-likeness (QED) is 0.379. The summed E-state index contributed by atoms with van der Waals surface area (Å²) in [7, 11) is 0. The number of hydrogen-bond donors (Lipinski definition) is 1. The first-order valence-electron chi connectivity index (χ1n) is 12.6. The Labute approximate surface area is 221 Å². The molecule has 1 aliphatic heterocycles. The van der Waals surface area contributed by atoms with Gasteiger partial charge in [0, 0.05) is 43.3 Å². The van der Waals surface area contributed by atoms with E-state index in [1.54, 1.807) is 12.1 Å². The van der Waals surface area contributed by atoms with Crippen LogP contribution in [0.2, 0.25) is 0 Å². The number of aromatic nitrogens is 5. The molecule has 0 aromatic carbocycles. The standard InChI is InChI=1S/C27H26F3N7O2/c28-27(29,30)23-15-22(19-5-4-10-31-16-19)34-37(23)21-7-8-24(32-17-21)33-26(39)20-6-9-25(38)36(18-20)14-13-35-11-2-1-3-12-35/h4-10,15-18H,1-3,11-14H2,(H,32,33,39). The summed E-state index contributed by atoms with van der Waals surface area (Å²) in [5, 5.41) is 6.75. The Bertz CT molecular complexity index is 1490. The minimum atomic E-state index is -4.66.